The molecule has 0 fully saturated rings. The van der Waals surface area contributed by atoms with Crippen molar-refractivity contribution >= 4 is 32.7 Å². The third kappa shape index (κ3) is 2.35. The van der Waals surface area contributed by atoms with Crippen molar-refractivity contribution < 1.29 is 13.7 Å². The van der Waals surface area contributed by atoms with E-state index in [1.54, 1.807) is 0 Å². The van der Waals surface area contributed by atoms with Gasteiger partial charge in [-0.2, -0.15) is 4.57 Å². The van der Waals surface area contributed by atoms with Crippen LogP contribution in [-0.2, 0) is 13.5 Å². The van der Waals surface area contributed by atoms with Gasteiger partial charge >= 0.3 is 0 Å². The van der Waals surface area contributed by atoms with Gasteiger partial charge in [-0.15, -0.1) is 0 Å². The van der Waals surface area contributed by atoms with Gasteiger partial charge in [-0.3, -0.25) is 0 Å². The van der Waals surface area contributed by atoms with Crippen LogP contribution in [0.2, 0.25) is 0 Å². The van der Waals surface area contributed by atoms with Gasteiger partial charge in [0.25, 0.3) is 5.69 Å². The number of benzene rings is 3. The second-order valence-electron chi connectivity index (χ2n) is 8.90. The maximum absolute atomic E-state index is 6.61. The molecule has 2 aromatic heterocycles. The summed E-state index contributed by atoms with van der Waals surface area (Å²) in [5.74, 6) is 2.42. The molecular formula is C27H24NO2+. The van der Waals surface area contributed by atoms with Crippen molar-refractivity contribution in [1.82, 2.24) is 0 Å². The smallest absolute Gasteiger partial charge is 0.257 e. The molecule has 0 radical (unpaired) electrons. The zero-order valence-corrected chi connectivity index (χ0v) is 17.7. The largest absolute Gasteiger partial charge is 0.450 e. The van der Waals surface area contributed by atoms with E-state index in [1.165, 1.54) is 27.5 Å². The number of pyridine rings is 1. The number of hydrogen-bond donors (Lipinski definition) is 0. The minimum absolute atomic E-state index is 0.607. The Hall–Kier alpha value is -3.33. The van der Waals surface area contributed by atoms with E-state index in [0.717, 1.165) is 45.6 Å². The van der Waals surface area contributed by atoms with Crippen LogP contribution in [0.1, 0.15) is 25.0 Å². The molecule has 3 aromatic carbocycles. The molecule has 0 N–H and O–H groups in total. The molecule has 1 aliphatic rings. The van der Waals surface area contributed by atoms with Gasteiger partial charge in [0.1, 0.15) is 18.4 Å². The van der Waals surface area contributed by atoms with Crippen LogP contribution in [-0.4, -0.2) is 0 Å². The molecule has 1 aliphatic heterocycles. The first kappa shape index (κ1) is 17.5. The highest BCUT2D eigenvalue weighted by molar-refractivity contribution is 6.13. The van der Waals surface area contributed by atoms with Gasteiger partial charge in [-0.05, 0) is 54.0 Å². The van der Waals surface area contributed by atoms with Crippen molar-refractivity contribution in [2.24, 2.45) is 13.0 Å². The van der Waals surface area contributed by atoms with E-state index < -0.39 is 0 Å². The summed E-state index contributed by atoms with van der Waals surface area (Å²) in [7, 11) is 2.07. The molecule has 3 heterocycles. The van der Waals surface area contributed by atoms with Gasteiger partial charge in [-0.25, -0.2) is 0 Å². The molecule has 0 spiro atoms. The van der Waals surface area contributed by atoms with Crippen molar-refractivity contribution in [3.8, 4) is 22.8 Å². The molecule has 0 saturated carbocycles. The summed E-state index contributed by atoms with van der Waals surface area (Å²) in [6, 6.07) is 17.2. The van der Waals surface area contributed by atoms with Gasteiger partial charge < -0.3 is 9.15 Å². The Kier molecular flexibility index (Phi) is 3.55. The fraction of sp³-hybridized carbons (Fsp3) is 0.222. The number of furan rings is 1. The van der Waals surface area contributed by atoms with Crippen LogP contribution in [0.25, 0.3) is 44.0 Å². The molecule has 148 valence electrons. The van der Waals surface area contributed by atoms with E-state index in [4.69, 9.17) is 9.15 Å². The molecule has 3 nitrogen and oxygen atoms in total. The molecule has 0 unspecified atom stereocenters. The lowest BCUT2D eigenvalue weighted by Gasteiger charge is -2.21. The van der Waals surface area contributed by atoms with Crippen LogP contribution >= 0.6 is 0 Å². The predicted octanol–water partition coefficient (Wildman–Crippen LogP) is 6.84. The summed E-state index contributed by atoms with van der Waals surface area (Å²) in [6.07, 6.45) is 3.14. The summed E-state index contributed by atoms with van der Waals surface area (Å²) in [5.41, 5.74) is 6.71. The Morgan fingerprint density at radius 3 is 2.67 bits per heavy atom. The highest BCUT2D eigenvalue weighted by Crippen LogP contribution is 2.50. The fourth-order valence-electron chi connectivity index (χ4n) is 4.95. The summed E-state index contributed by atoms with van der Waals surface area (Å²) < 4.78 is 15.0. The highest BCUT2D eigenvalue weighted by atomic mass is 16.5. The number of rotatable bonds is 2. The molecule has 3 heteroatoms. The van der Waals surface area contributed by atoms with Crippen molar-refractivity contribution in [3.63, 3.8) is 0 Å². The first-order valence-electron chi connectivity index (χ1n) is 10.6. The molecule has 0 aliphatic carbocycles. The zero-order valence-electron chi connectivity index (χ0n) is 17.7. The quantitative estimate of drug-likeness (QED) is 0.300. The molecule has 30 heavy (non-hydrogen) atoms. The van der Waals surface area contributed by atoms with Gasteiger partial charge in [-0.1, -0.05) is 44.2 Å². The predicted molar refractivity (Wildman–Crippen MR) is 121 cm³/mol. The number of aromatic nitrogens is 1. The van der Waals surface area contributed by atoms with E-state index in [-0.39, 0.29) is 0 Å². The van der Waals surface area contributed by atoms with Crippen LogP contribution < -0.4 is 9.30 Å². The number of ether oxygens (including phenoxy) is 1. The third-order valence-electron chi connectivity index (χ3n) is 6.19. The Morgan fingerprint density at radius 1 is 0.967 bits per heavy atom. The lowest BCUT2D eigenvalue weighted by Crippen LogP contribution is -2.32. The van der Waals surface area contributed by atoms with Gasteiger partial charge in [0.2, 0.25) is 17.5 Å². The van der Waals surface area contributed by atoms with E-state index >= 15 is 0 Å². The maximum Gasteiger partial charge on any atom is 0.257 e. The maximum atomic E-state index is 6.61. The summed E-state index contributed by atoms with van der Waals surface area (Å²) in [5, 5.41) is 4.59. The second kappa shape index (κ2) is 6.09. The number of nitrogens with zero attached hydrogens (tertiary/aromatic N) is 1. The molecule has 6 rings (SSSR count). The molecule has 0 amide bonds. The summed E-state index contributed by atoms with van der Waals surface area (Å²) in [6.45, 7) is 6.69. The Morgan fingerprint density at radius 2 is 1.83 bits per heavy atom. The first-order chi connectivity index (χ1) is 14.5. The Bertz CT molecular complexity index is 1490. The van der Waals surface area contributed by atoms with Crippen LogP contribution in [0.3, 0.4) is 0 Å². The summed E-state index contributed by atoms with van der Waals surface area (Å²) >= 11 is 0. The highest BCUT2D eigenvalue weighted by Gasteiger charge is 2.33. The zero-order chi connectivity index (χ0) is 20.6. The average Bonchev–Trinajstić information content (AvgIpc) is 3.07. The van der Waals surface area contributed by atoms with Gasteiger partial charge in [0.05, 0.1) is 10.9 Å². The van der Waals surface area contributed by atoms with Crippen LogP contribution in [0.4, 0.5) is 0 Å². The van der Waals surface area contributed by atoms with E-state index in [9.17, 15) is 0 Å². The van der Waals surface area contributed by atoms with E-state index in [0.29, 0.717) is 5.92 Å². The van der Waals surface area contributed by atoms with Crippen LogP contribution in [0.5, 0.6) is 11.5 Å². The number of aryl methyl sites for hydroxylation is 2. The molecule has 0 bridgehead atoms. The SMILES string of the molecule is Cc1ccc2cccc3c2c1-c1c(c2c(c[n+]1C)oc1ccc(CC(C)C)cc12)O3. The van der Waals surface area contributed by atoms with Crippen molar-refractivity contribution in [2.75, 3.05) is 0 Å². The Labute approximate surface area is 175 Å². The molecule has 0 saturated heterocycles. The van der Waals surface area contributed by atoms with E-state index in [2.05, 4.69) is 87.1 Å². The monoisotopic (exact) mass is 394 g/mol. The minimum atomic E-state index is 0.607. The van der Waals surface area contributed by atoms with Crippen molar-refractivity contribution in [2.45, 2.75) is 27.2 Å². The van der Waals surface area contributed by atoms with E-state index in [1.807, 2.05) is 0 Å². The van der Waals surface area contributed by atoms with Crippen LogP contribution in [0, 0.1) is 12.8 Å². The third-order valence-corrected chi connectivity index (χ3v) is 6.19. The summed E-state index contributed by atoms with van der Waals surface area (Å²) in [4.78, 5) is 0. The standard InChI is InChI=1S/C27H24NO2/c1-15(2)12-17-9-11-20-19(13-17)25-22(29-20)14-28(4)26-23-16(3)8-10-18-6-5-7-21(24(18)23)30-27(25)26/h5-11,13-15H,12H2,1-4H3/q+1. The molecule has 5 aromatic rings. The lowest BCUT2D eigenvalue weighted by atomic mass is 9.92. The normalized spacial score (nSPS) is 12.7. The number of fused-ring (bicyclic) bond motifs is 6. The lowest BCUT2D eigenvalue weighted by molar-refractivity contribution is -0.659. The first-order valence-corrected chi connectivity index (χ1v) is 10.6. The topological polar surface area (TPSA) is 26.2 Å². The molecular weight excluding hydrogens is 370 g/mol. The average molecular weight is 394 g/mol. The Balaban J connectivity index is 1.75. The van der Waals surface area contributed by atoms with Gasteiger partial charge in [0.15, 0.2) is 0 Å². The minimum Gasteiger partial charge on any atom is -0.450 e. The van der Waals surface area contributed by atoms with Crippen molar-refractivity contribution in [1.29, 1.82) is 0 Å². The van der Waals surface area contributed by atoms with Crippen molar-refractivity contribution in [3.05, 3.63) is 65.9 Å². The molecule has 0 atom stereocenters. The van der Waals surface area contributed by atoms with Crippen LogP contribution in [0.15, 0.2) is 59.1 Å². The van der Waals surface area contributed by atoms with Gasteiger partial charge in [0, 0.05) is 10.8 Å². The second-order valence-corrected chi connectivity index (χ2v) is 8.90. The fourth-order valence-corrected chi connectivity index (χ4v) is 4.95. The number of hydrogen-bond acceptors (Lipinski definition) is 2.